The molecule has 2 heterocycles. The molecule has 0 radical (unpaired) electrons. The van der Waals surface area contributed by atoms with E-state index >= 15 is 0 Å². The van der Waals surface area contributed by atoms with Crippen molar-refractivity contribution in [2.45, 2.75) is 39.1 Å². The summed E-state index contributed by atoms with van der Waals surface area (Å²) < 4.78 is 40.5. The summed E-state index contributed by atoms with van der Waals surface area (Å²) in [6, 6.07) is 0. The second-order valence-electron chi connectivity index (χ2n) is 6.60. The fourth-order valence-corrected chi connectivity index (χ4v) is 2.91. The fraction of sp³-hybridized carbons (Fsp3) is 0.733. The van der Waals surface area contributed by atoms with Crippen LogP contribution in [0.1, 0.15) is 36.8 Å². The molecule has 0 spiro atoms. The number of piperazine rings is 1. The molecule has 0 unspecified atom stereocenters. The Bertz CT molecular complexity index is 585. The van der Waals surface area contributed by atoms with Gasteiger partial charge in [-0.15, -0.1) is 0 Å². The van der Waals surface area contributed by atoms with Crippen LogP contribution in [0.5, 0.6) is 0 Å². The molecule has 1 aliphatic heterocycles. The van der Waals surface area contributed by atoms with Gasteiger partial charge < -0.3 is 10.0 Å². The highest BCUT2D eigenvalue weighted by atomic mass is 19.4. The maximum absolute atomic E-state index is 13.2. The van der Waals surface area contributed by atoms with Crippen LogP contribution in [0.4, 0.5) is 13.2 Å². The third-order valence-electron chi connectivity index (χ3n) is 3.91. The maximum Gasteiger partial charge on any atom is 0.433 e. The molecule has 136 valence electrons. The van der Waals surface area contributed by atoms with E-state index in [4.69, 9.17) is 0 Å². The quantitative estimate of drug-likeness (QED) is 0.895. The molecular weight excluding hydrogens is 325 g/mol. The molecule has 0 aliphatic carbocycles. The van der Waals surface area contributed by atoms with Crippen LogP contribution >= 0.6 is 0 Å². The lowest BCUT2D eigenvalue weighted by Gasteiger charge is -2.37. The summed E-state index contributed by atoms with van der Waals surface area (Å²) in [5, 5.41) is 13.5. The predicted molar refractivity (Wildman–Crippen MR) is 81.5 cm³/mol. The number of alkyl halides is 3. The minimum absolute atomic E-state index is 0.0431. The number of carbonyl (C=O) groups is 1. The van der Waals surface area contributed by atoms with Gasteiger partial charge >= 0.3 is 6.18 Å². The molecule has 1 saturated heterocycles. The first kappa shape index (κ1) is 18.7. The number of β-amino-alcohol motifs (C(OH)–C–C–N with tert-alkyl or cyclic N) is 1. The number of aromatic nitrogens is 2. The number of nitrogens with zero attached hydrogens (tertiary/aromatic N) is 4. The molecule has 1 aliphatic rings. The minimum Gasteiger partial charge on any atom is -0.389 e. The van der Waals surface area contributed by atoms with Gasteiger partial charge in [0.15, 0.2) is 5.69 Å². The molecule has 0 saturated carbocycles. The van der Waals surface area contributed by atoms with E-state index in [1.807, 2.05) is 4.90 Å². The third-order valence-corrected chi connectivity index (χ3v) is 3.91. The summed E-state index contributed by atoms with van der Waals surface area (Å²) >= 11 is 0. The van der Waals surface area contributed by atoms with Gasteiger partial charge in [-0.3, -0.25) is 14.4 Å². The Morgan fingerprint density at radius 2 is 1.83 bits per heavy atom. The predicted octanol–water partition coefficient (Wildman–Crippen LogP) is 1.45. The third kappa shape index (κ3) is 4.27. The largest absolute Gasteiger partial charge is 0.433 e. The molecule has 9 heteroatoms. The monoisotopic (exact) mass is 348 g/mol. The topological polar surface area (TPSA) is 61.6 Å². The average molecular weight is 348 g/mol. The second kappa shape index (κ2) is 6.72. The van der Waals surface area contributed by atoms with Gasteiger partial charge in [0.05, 0.1) is 17.4 Å². The van der Waals surface area contributed by atoms with Crippen molar-refractivity contribution in [2.24, 2.45) is 0 Å². The smallest absolute Gasteiger partial charge is 0.389 e. The first-order valence-electron chi connectivity index (χ1n) is 7.90. The Hall–Kier alpha value is -1.61. The maximum atomic E-state index is 13.2. The standard InChI is InChI=1S/C15H23F3N4O2/c1-4-22-12(15(16,17)18)11(9-19-22)13(23)21-7-5-20(6-8-21)10-14(2,3)24/h9,24H,4-8,10H2,1-3H3. The van der Waals surface area contributed by atoms with Crippen LogP contribution in [0.2, 0.25) is 0 Å². The van der Waals surface area contributed by atoms with Crippen molar-refractivity contribution in [3.8, 4) is 0 Å². The zero-order chi connectivity index (χ0) is 18.1. The van der Waals surface area contributed by atoms with Crippen molar-refractivity contribution in [2.75, 3.05) is 32.7 Å². The van der Waals surface area contributed by atoms with Crippen LogP contribution in [-0.4, -0.2) is 68.9 Å². The second-order valence-corrected chi connectivity index (χ2v) is 6.60. The van der Waals surface area contributed by atoms with Crippen molar-refractivity contribution < 1.29 is 23.1 Å². The molecule has 1 N–H and O–H groups in total. The SMILES string of the molecule is CCn1ncc(C(=O)N2CCN(CC(C)(C)O)CC2)c1C(F)(F)F. The highest BCUT2D eigenvalue weighted by Gasteiger charge is 2.41. The molecule has 6 nitrogen and oxygen atoms in total. The number of aryl methyl sites for hydroxylation is 1. The molecule has 0 bridgehead atoms. The lowest BCUT2D eigenvalue weighted by Crippen LogP contribution is -2.52. The zero-order valence-corrected chi connectivity index (χ0v) is 14.1. The van der Waals surface area contributed by atoms with Gasteiger partial charge in [-0.25, -0.2) is 0 Å². The van der Waals surface area contributed by atoms with Gasteiger partial charge in [0.25, 0.3) is 5.91 Å². The van der Waals surface area contributed by atoms with Crippen molar-refractivity contribution in [1.82, 2.24) is 19.6 Å². The number of rotatable bonds is 4. The van der Waals surface area contributed by atoms with Crippen molar-refractivity contribution >= 4 is 5.91 Å². The molecule has 0 aromatic carbocycles. The Kier molecular flexibility index (Phi) is 5.24. The molecule has 24 heavy (non-hydrogen) atoms. The summed E-state index contributed by atoms with van der Waals surface area (Å²) in [6.45, 7) is 7.10. The summed E-state index contributed by atoms with van der Waals surface area (Å²) in [5.41, 5.74) is -2.24. The Morgan fingerprint density at radius 3 is 2.29 bits per heavy atom. The summed E-state index contributed by atoms with van der Waals surface area (Å²) in [7, 11) is 0. The normalized spacial score (nSPS) is 17.4. The Labute approximate surface area is 138 Å². The molecule has 0 atom stereocenters. The van der Waals surface area contributed by atoms with Crippen LogP contribution in [0, 0.1) is 0 Å². The Balaban J connectivity index is 2.10. The van der Waals surface area contributed by atoms with E-state index in [1.54, 1.807) is 20.8 Å². The summed E-state index contributed by atoms with van der Waals surface area (Å²) in [5.74, 6) is -0.648. The number of aliphatic hydroxyl groups is 1. The number of hydrogen-bond acceptors (Lipinski definition) is 4. The molecule has 2 rings (SSSR count). The van der Waals surface area contributed by atoms with Crippen molar-refractivity contribution in [1.29, 1.82) is 0 Å². The van der Waals surface area contributed by atoms with Crippen LogP contribution in [0.3, 0.4) is 0 Å². The first-order valence-corrected chi connectivity index (χ1v) is 7.90. The van der Waals surface area contributed by atoms with Crippen molar-refractivity contribution in [3.63, 3.8) is 0 Å². The van der Waals surface area contributed by atoms with E-state index in [2.05, 4.69) is 5.10 Å². The molecule has 1 amide bonds. The van der Waals surface area contributed by atoms with Crippen LogP contribution in [0.25, 0.3) is 0 Å². The summed E-state index contributed by atoms with van der Waals surface area (Å²) in [6.07, 6.45) is -3.63. The van der Waals surface area contributed by atoms with Crippen LogP contribution in [0.15, 0.2) is 6.20 Å². The number of hydrogen-bond donors (Lipinski definition) is 1. The van der Waals surface area contributed by atoms with Crippen LogP contribution < -0.4 is 0 Å². The fourth-order valence-electron chi connectivity index (χ4n) is 2.91. The average Bonchev–Trinajstić information content (AvgIpc) is 2.89. The lowest BCUT2D eigenvalue weighted by atomic mass is 10.1. The Morgan fingerprint density at radius 1 is 1.25 bits per heavy atom. The first-order chi connectivity index (χ1) is 11.0. The zero-order valence-electron chi connectivity index (χ0n) is 14.1. The van der Waals surface area contributed by atoms with E-state index in [1.165, 1.54) is 4.90 Å². The lowest BCUT2D eigenvalue weighted by molar-refractivity contribution is -0.144. The molecular formula is C15H23F3N4O2. The van der Waals surface area contributed by atoms with E-state index in [-0.39, 0.29) is 6.54 Å². The molecule has 1 fully saturated rings. The molecule has 1 aromatic rings. The van der Waals surface area contributed by atoms with Gasteiger partial charge in [-0.05, 0) is 20.8 Å². The highest BCUT2D eigenvalue weighted by molar-refractivity contribution is 5.95. The van der Waals surface area contributed by atoms with Gasteiger partial charge in [0.2, 0.25) is 0 Å². The minimum atomic E-state index is -4.62. The van der Waals surface area contributed by atoms with Gasteiger partial charge in [0, 0.05) is 39.3 Å². The van der Waals surface area contributed by atoms with E-state index < -0.39 is 28.9 Å². The van der Waals surface area contributed by atoms with Crippen molar-refractivity contribution in [3.05, 3.63) is 17.5 Å². The van der Waals surface area contributed by atoms with Gasteiger partial charge in [0.1, 0.15) is 0 Å². The van der Waals surface area contributed by atoms with E-state index in [9.17, 15) is 23.1 Å². The number of carbonyl (C=O) groups excluding carboxylic acids is 1. The molecule has 1 aromatic heterocycles. The summed E-state index contributed by atoms with van der Waals surface area (Å²) in [4.78, 5) is 15.9. The van der Waals surface area contributed by atoms with Gasteiger partial charge in [-0.2, -0.15) is 18.3 Å². The number of amides is 1. The van der Waals surface area contributed by atoms with E-state index in [0.29, 0.717) is 32.7 Å². The highest BCUT2D eigenvalue weighted by Crippen LogP contribution is 2.32. The van der Waals surface area contributed by atoms with Gasteiger partial charge in [-0.1, -0.05) is 0 Å². The van der Waals surface area contributed by atoms with E-state index in [0.717, 1.165) is 10.9 Å². The number of halogens is 3. The van der Waals surface area contributed by atoms with Crippen LogP contribution in [-0.2, 0) is 12.7 Å².